The lowest BCUT2D eigenvalue weighted by Crippen LogP contribution is -2.31. The zero-order valence-electron chi connectivity index (χ0n) is 11.5. The van der Waals surface area contributed by atoms with Gasteiger partial charge < -0.3 is 4.90 Å². The van der Waals surface area contributed by atoms with Gasteiger partial charge in [0.2, 0.25) is 0 Å². The molecule has 0 spiro atoms. The molecule has 2 nitrogen and oxygen atoms in total. The second kappa shape index (κ2) is 5.23. The third kappa shape index (κ3) is 3.16. The monoisotopic (exact) mass is 327 g/mol. The van der Waals surface area contributed by atoms with E-state index in [9.17, 15) is 9.18 Å². The number of benzene rings is 1. The van der Waals surface area contributed by atoms with Crippen LogP contribution in [-0.4, -0.2) is 23.9 Å². The van der Waals surface area contributed by atoms with Crippen molar-refractivity contribution in [2.45, 2.75) is 27.2 Å². The number of likely N-dealkylation sites (tertiary alicyclic amines) is 1. The number of hydrogen-bond acceptors (Lipinski definition) is 1. The molecule has 2 rings (SSSR count). The summed E-state index contributed by atoms with van der Waals surface area (Å²) in [5, 5.41) is 0. The van der Waals surface area contributed by atoms with Crippen LogP contribution >= 0.6 is 15.9 Å². The number of amides is 1. The Labute approximate surface area is 122 Å². The molecule has 104 valence electrons. The van der Waals surface area contributed by atoms with Crippen LogP contribution in [0.3, 0.4) is 0 Å². The molecule has 1 aliphatic heterocycles. The second-order valence-electron chi connectivity index (χ2n) is 6.23. The minimum Gasteiger partial charge on any atom is -0.338 e. The molecule has 19 heavy (non-hydrogen) atoms. The van der Waals surface area contributed by atoms with Crippen molar-refractivity contribution >= 4 is 21.8 Å². The SMILES string of the molecule is CC(C)(C)C1CCN(C(=O)c2cc(F)ccc2Br)C1. The Hall–Kier alpha value is -0.900. The van der Waals surface area contributed by atoms with Crippen LogP contribution in [0.25, 0.3) is 0 Å². The van der Waals surface area contributed by atoms with Crippen LogP contribution < -0.4 is 0 Å². The smallest absolute Gasteiger partial charge is 0.255 e. The zero-order valence-corrected chi connectivity index (χ0v) is 13.1. The van der Waals surface area contributed by atoms with Gasteiger partial charge in [-0.3, -0.25) is 4.79 Å². The van der Waals surface area contributed by atoms with Crippen LogP contribution in [0.15, 0.2) is 22.7 Å². The summed E-state index contributed by atoms with van der Waals surface area (Å²) in [7, 11) is 0. The van der Waals surface area contributed by atoms with Gasteiger partial charge in [-0.1, -0.05) is 20.8 Å². The molecule has 0 saturated carbocycles. The topological polar surface area (TPSA) is 20.3 Å². The fraction of sp³-hybridized carbons (Fsp3) is 0.533. The molecular formula is C15H19BrFNO. The number of rotatable bonds is 1. The maximum absolute atomic E-state index is 13.3. The first-order valence-corrected chi connectivity index (χ1v) is 7.32. The van der Waals surface area contributed by atoms with E-state index in [-0.39, 0.29) is 17.1 Å². The van der Waals surface area contributed by atoms with Crippen molar-refractivity contribution in [1.29, 1.82) is 0 Å². The van der Waals surface area contributed by atoms with Crippen LogP contribution in [0.1, 0.15) is 37.6 Å². The normalized spacial score (nSPS) is 19.8. The molecule has 1 unspecified atom stereocenters. The molecule has 1 aliphatic rings. The average Bonchev–Trinajstić information content (AvgIpc) is 2.80. The van der Waals surface area contributed by atoms with Crippen LogP contribution in [-0.2, 0) is 0 Å². The van der Waals surface area contributed by atoms with E-state index in [0.717, 1.165) is 19.5 Å². The number of hydrogen-bond donors (Lipinski definition) is 0. The molecule has 1 saturated heterocycles. The quantitative estimate of drug-likeness (QED) is 0.760. The lowest BCUT2D eigenvalue weighted by Gasteiger charge is -2.27. The number of nitrogens with zero attached hydrogens (tertiary/aromatic N) is 1. The van der Waals surface area contributed by atoms with Gasteiger partial charge >= 0.3 is 0 Å². The van der Waals surface area contributed by atoms with Gasteiger partial charge in [0.25, 0.3) is 5.91 Å². The van der Waals surface area contributed by atoms with E-state index in [1.807, 2.05) is 4.90 Å². The van der Waals surface area contributed by atoms with E-state index in [1.54, 1.807) is 6.07 Å². The molecule has 1 aromatic carbocycles. The van der Waals surface area contributed by atoms with Crippen molar-refractivity contribution in [1.82, 2.24) is 4.90 Å². The van der Waals surface area contributed by atoms with Gasteiger partial charge in [-0.15, -0.1) is 0 Å². The molecule has 0 bridgehead atoms. The number of carbonyl (C=O) groups excluding carboxylic acids is 1. The Kier molecular flexibility index (Phi) is 4.00. The van der Waals surface area contributed by atoms with Crippen molar-refractivity contribution in [2.24, 2.45) is 11.3 Å². The van der Waals surface area contributed by atoms with Crippen LogP contribution in [0.5, 0.6) is 0 Å². The first-order valence-electron chi connectivity index (χ1n) is 6.53. The maximum Gasteiger partial charge on any atom is 0.255 e. The van der Waals surface area contributed by atoms with E-state index in [2.05, 4.69) is 36.7 Å². The van der Waals surface area contributed by atoms with E-state index in [0.29, 0.717) is 16.0 Å². The summed E-state index contributed by atoms with van der Waals surface area (Å²) in [4.78, 5) is 14.3. The van der Waals surface area contributed by atoms with E-state index in [4.69, 9.17) is 0 Å². The third-order valence-electron chi connectivity index (χ3n) is 3.86. The fourth-order valence-corrected chi connectivity index (χ4v) is 2.90. The molecule has 1 aromatic rings. The molecule has 0 N–H and O–H groups in total. The summed E-state index contributed by atoms with van der Waals surface area (Å²) in [5.74, 6) is 0.0417. The molecule has 1 fully saturated rings. The van der Waals surface area contributed by atoms with Gasteiger partial charge in [-0.2, -0.15) is 0 Å². The van der Waals surface area contributed by atoms with Crippen molar-refractivity contribution in [3.05, 3.63) is 34.1 Å². The van der Waals surface area contributed by atoms with E-state index >= 15 is 0 Å². The molecule has 0 radical (unpaired) electrons. The Morgan fingerprint density at radius 3 is 2.68 bits per heavy atom. The highest BCUT2D eigenvalue weighted by atomic mass is 79.9. The standard InChI is InChI=1S/C15H19BrFNO/c1-15(2,3)10-6-7-18(9-10)14(19)12-8-11(17)4-5-13(12)16/h4-5,8,10H,6-7,9H2,1-3H3. The number of carbonyl (C=O) groups is 1. The van der Waals surface area contributed by atoms with Gasteiger partial charge in [-0.25, -0.2) is 4.39 Å². The van der Waals surface area contributed by atoms with Gasteiger partial charge in [0.15, 0.2) is 0 Å². The van der Waals surface area contributed by atoms with Crippen LogP contribution in [0, 0.1) is 17.2 Å². The summed E-state index contributed by atoms with van der Waals surface area (Å²) in [6.45, 7) is 8.10. The highest BCUT2D eigenvalue weighted by Gasteiger charge is 2.34. The largest absolute Gasteiger partial charge is 0.338 e. The van der Waals surface area contributed by atoms with Crippen molar-refractivity contribution in [3.63, 3.8) is 0 Å². The lowest BCUT2D eigenvalue weighted by atomic mass is 9.80. The maximum atomic E-state index is 13.3. The van der Waals surface area contributed by atoms with Gasteiger partial charge in [0.1, 0.15) is 5.82 Å². The summed E-state index contributed by atoms with van der Waals surface area (Å²) in [5.41, 5.74) is 0.614. The molecule has 1 heterocycles. The van der Waals surface area contributed by atoms with Gasteiger partial charge in [0, 0.05) is 17.6 Å². The molecular weight excluding hydrogens is 309 g/mol. The fourth-order valence-electron chi connectivity index (χ4n) is 2.48. The van der Waals surface area contributed by atoms with Crippen LogP contribution in [0.2, 0.25) is 0 Å². The van der Waals surface area contributed by atoms with Crippen molar-refractivity contribution in [3.8, 4) is 0 Å². The molecule has 1 amide bonds. The summed E-state index contributed by atoms with van der Waals surface area (Å²) in [6.07, 6.45) is 1.02. The average molecular weight is 328 g/mol. The zero-order chi connectivity index (χ0) is 14.2. The number of halogens is 2. The van der Waals surface area contributed by atoms with Gasteiger partial charge in [-0.05, 0) is 51.9 Å². The Bertz CT molecular complexity index is 495. The first-order chi connectivity index (χ1) is 8.79. The molecule has 4 heteroatoms. The summed E-state index contributed by atoms with van der Waals surface area (Å²) < 4.78 is 13.9. The minimum atomic E-state index is -0.377. The van der Waals surface area contributed by atoms with E-state index in [1.165, 1.54) is 12.1 Å². The Morgan fingerprint density at radius 1 is 1.42 bits per heavy atom. The molecule has 1 atom stereocenters. The Balaban J connectivity index is 2.16. The highest BCUT2D eigenvalue weighted by Crippen LogP contribution is 2.34. The first kappa shape index (κ1) is 14.5. The third-order valence-corrected chi connectivity index (χ3v) is 4.55. The molecule has 0 aromatic heterocycles. The Morgan fingerprint density at radius 2 is 2.11 bits per heavy atom. The predicted molar refractivity (Wildman–Crippen MR) is 77.6 cm³/mol. The minimum absolute atomic E-state index is 0.0851. The molecule has 0 aliphatic carbocycles. The lowest BCUT2D eigenvalue weighted by molar-refractivity contribution is 0.0775. The van der Waals surface area contributed by atoms with Crippen LogP contribution in [0.4, 0.5) is 4.39 Å². The van der Waals surface area contributed by atoms with Crippen molar-refractivity contribution in [2.75, 3.05) is 13.1 Å². The van der Waals surface area contributed by atoms with Gasteiger partial charge in [0.05, 0.1) is 5.56 Å². The highest BCUT2D eigenvalue weighted by molar-refractivity contribution is 9.10. The summed E-state index contributed by atoms with van der Waals surface area (Å²) >= 11 is 3.32. The predicted octanol–water partition coefficient (Wildman–Crippen LogP) is 4.10. The van der Waals surface area contributed by atoms with Crippen molar-refractivity contribution < 1.29 is 9.18 Å². The van der Waals surface area contributed by atoms with E-state index < -0.39 is 0 Å². The second-order valence-corrected chi connectivity index (χ2v) is 7.08. The summed E-state index contributed by atoms with van der Waals surface area (Å²) in [6, 6.07) is 4.24.